The molecule has 0 unspecified atom stereocenters. The van der Waals surface area contributed by atoms with Crippen molar-refractivity contribution >= 4 is 56.6 Å². The second kappa shape index (κ2) is 9.30. The summed E-state index contributed by atoms with van der Waals surface area (Å²) in [6.07, 6.45) is 0.122. The van der Waals surface area contributed by atoms with Crippen LogP contribution in [0.3, 0.4) is 0 Å². The number of rotatable bonds is 4. The minimum absolute atomic E-state index is 0.122. The second-order valence-corrected chi connectivity index (χ2v) is 8.81. The van der Waals surface area contributed by atoms with Gasteiger partial charge in [0.2, 0.25) is 11.8 Å². The number of amidine groups is 1. The zero-order chi connectivity index (χ0) is 22.6. The van der Waals surface area contributed by atoms with E-state index in [2.05, 4.69) is 5.32 Å². The molecule has 33 heavy (non-hydrogen) atoms. The van der Waals surface area contributed by atoms with Crippen LogP contribution in [0.4, 0.5) is 17.1 Å². The molecule has 0 spiro atoms. The summed E-state index contributed by atoms with van der Waals surface area (Å²) in [7, 11) is 0. The van der Waals surface area contributed by atoms with Crippen molar-refractivity contribution in [3.05, 3.63) is 103 Å². The van der Waals surface area contributed by atoms with Gasteiger partial charge in [-0.3, -0.25) is 9.59 Å². The summed E-state index contributed by atoms with van der Waals surface area (Å²) in [5.74, 6) is -0.426. The third-order valence-electron chi connectivity index (χ3n) is 5.38. The average Bonchev–Trinajstić information content (AvgIpc) is 3.12. The van der Waals surface area contributed by atoms with Crippen LogP contribution in [0.5, 0.6) is 0 Å². The Labute approximate surface area is 196 Å². The van der Waals surface area contributed by atoms with Crippen molar-refractivity contribution in [2.24, 2.45) is 4.99 Å². The number of fused-ring (bicyclic) bond motifs is 1. The predicted octanol–water partition coefficient (Wildman–Crippen LogP) is 6.00. The van der Waals surface area contributed by atoms with E-state index in [-0.39, 0.29) is 18.2 Å². The van der Waals surface area contributed by atoms with Crippen LogP contribution in [-0.2, 0) is 9.59 Å². The van der Waals surface area contributed by atoms with Crippen LogP contribution in [0.1, 0.15) is 6.42 Å². The Morgan fingerprint density at radius 1 is 0.818 bits per heavy atom. The molecule has 1 N–H and O–H groups in total. The lowest BCUT2D eigenvalue weighted by Crippen LogP contribution is -2.31. The molecule has 0 radical (unpaired) electrons. The molecule has 4 aromatic rings. The van der Waals surface area contributed by atoms with Gasteiger partial charge in [0.25, 0.3) is 0 Å². The number of carbonyl (C=O) groups excluding carboxylic acids is 2. The van der Waals surface area contributed by atoms with Crippen LogP contribution < -0.4 is 10.2 Å². The van der Waals surface area contributed by atoms with Crippen molar-refractivity contribution < 1.29 is 9.59 Å². The Balaban J connectivity index is 1.44. The van der Waals surface area contributed by atoms with E-state index < -0.39 is 5.25 Å². The van der Waals surface area contributed by atoms with Crippen molar-refractivity contribution in [2.45, 2.75) is 11.7 Å². The van der Waals surface area contributed by atoms with Crippen molar-refractivity contribution in [1.82, 2.24) is 0 Å². The molecule has 0 bridgehead atoms. The zero-order valence-corrected chi connectivity index (χ0v) is 18.5. The first-order valence-corrected chi connectivity index (χ1v) is 11.5. The van der Waals surface area contributed by atoms with Gasteiger partial charge in [0.1, 0.15) is 5.25 Å². The molecule has 1 aliphatic heterocycles. The fraction of sp³-hybridized carbons (Fsp3) is 0.0741. The summed E-state index contributed by atoms with van der Waals surface area (Å²) in [6.45, 7) is 0. The smallest absolute Gasteiger partial charge is 0.247 e. The van der Waals surface area contributed by atoms with E-state index >= 15 is 0 Å². The Bertz CT molecular complexity index is 1330. The van der Waals surface area contributed by atoms with E-state index in [0.29, 0.717) is 10.9 Å². The van der Waals surface area contributed by atoms with Crippen LogP contribution >= 0.6 is 11.8 Å². The number of hydrogen-bond donors (Lipinski definition) is 1. The molecule has 2 amide bonds. The number of amides is 2. The second-order valence-electron chi connectivity index (χ2n) is 7.62. The molecular formula is C27H21N3O2S. The maximum absolute atomic E-state index is 13.4. The fourth-order valence-electron chi connectivity index (χ4n) is 3.84. The van der Waals surface area contributed by atoms with Gasteiger partial charge in [-0.1, -0.05) is 84.6 Å². The fourth-order valence-corrected chi connectivity index (χ4v) is 4.87. The van der Waals surface area contributed by atoms with Gasteiger partial charge in [-0.25, -0.2) is 9.89 Å². The number of hydrogen-bond acceptors (Lipinski definition) is 4. The van der Waals surface area contributed by atoms with Gasteiger partial charge in [0.15, 0.2) is 5.17 Å². The molecule has 162 valence electrons. The first-order valence-electron chi connectivity index (χ1n) is 10.7. The van der Waals surface area contributed by atoms with Gasteiger partial charge in [0.05, 0.1) is 11.4 Å². The number of aliphatic imine (C=N–C) groups is 1. The lowest BCUT2D eigenvalue weighted by Gasteiger charge is -2.18. The number of para-hydroxylation sites is 2. The maximum Gasteiger partial charge on any atom is 0.247 e. The van der Waals surface area contributed by atoms with Gasteiger partial charge < -0.3 is 5.32 Å². The summed E-state index contributed by atoms with van der Waals surface area (Å²) < 4.78 is 0. The van der Waals surface area contributed by atoms with Crippen molar-refractivity contribution in [2.75, 3.05) is 10.2 Å². The highest BCUT2D eigenvalue weighted by Gasteiger charge is 2.41. The van der Waals surface area contributed by atoms with E-state index in [0.717, 1.165) is 22.1 Å². The Kier molecular flexibility index (Phi) is 5.91. The molecule has 1 heterocycles. The Morgan fingerprint density at radius 2 is 1.48 bits per heavy atom. The number of benzene rings is 4. The molecule has 1 saturated heterocycles. The number of nitrogens with one attached hydrogen (secondary N) is 1. The Morgan fingerprint density at radius 3 is 2.27 bits per heavy atom. The van der Waals surface area contributed by atoms with Gasteiger partial charge in [0, 0.05) is 17.5 Å². The highest BCUT2D eigenvalue weighted by Crippen LogP contribution is 2.35. The van der Waals surface area contributed by atoms with E-state index in [1.807, 2.05) is 103 Å². The van der Waals surface area contributed by atoms with E-state index in [9.17, 15) is 9.59 Å². The molecule has 0 saturated carbocycles. The lowest BCUT2D eigenvalue weighted by atomic mass is 10.1. The summed E-state index contributed by atoms with van der Waals surface area (Å²) >= 11 is 1.28. The van der Waals surface area contributed by atoms with Gasteiger partial charge >= 0.3 is 0 Å². The van der Waals surface area contributed by atoms with E-state index in [4.69, 9.17) is 4.99 Å². The molecule has 4 aromatic carbocycles. The quantitative estimate of drug-likeness (QED) is 0.235. The first kappa shape index (κ1) is 21.0. The SMILES string of the molecule is O=C1C[C@H](SC(=Nc2ccccc2)Nc2ccccc2)C(=O)N1c1cccc2ccccc12. The minimum Gasteiger partial charge on any atom is -0.335 e. The van der Waals surface area contributed by atoms with Gasteiger partial charge in [-0.15, -0.1) is 0 Å². The van der Waals surface area contributed by atoms with Crippen LogP contribution in [0.25, 0.3) is 10.8 Å². The minimum atomic E-state index is -0.560. The van der Waals surface area contributed by atoms with Gasteiger partial charge in [-0.2, -0.15) is 0 Å². The van der Waals surface area contributed by atoms with E-state index in [1.54, 1.807) is 0 Å². The highest BCUT2D eigenvalue weighted by molar-refractivity contribution is 8.15. The first-order chi connectivity index (χ1) is 16.2. The molecule has 5 rings (SSSR count). The standard InChI is InChI=1S/C27H21N3O2S/c31-25-18-24(26(32)30(25)23-17-9-11-19-10-7-8-16-22(19)23)33-27(28-20-12-3-1-4-13-20)29-21-14-5-2-6-15-21/h1-17,24H,18H2,(H,28,29)/t24-/m0/s1. The number of thioether (sulfide) groups is 1. The van der Waals surface area contributed by atoms with Crippen molar-refractivity contribution in [3.63, 3.8) is 0 Å². The predicted molar refractivity (Wildman–Crippen MR) is 136 cm³/mol. The maximum atomic E-state index is 13.4. The number of nitrogens with zero attached hydrogens (tertiary/aromatic N) is 2. The third kappa shape index (κ3) is 4.52. The largest absolute Gasteiger partial charge is 0.335 e. The molecular weight excluding hydrogens is 430 g/mol. The van der Waals surface area contributed by atoms with Crippen LogP contribution in [0.2, 0.25) is 0 Å². The summed E-state index contributed by atoms with van der Waals surface area (Å²) in [5, 5.41) is 5.18. The molecule has 1 aliphatic rings. The molecule has 5 nitrogen and oxygen atoms in total. The third-order valence-corrected chi connectivity index (χ3v) is 6.45. The number of anilines is 2. The van der Waals surface area contributed by atoms with Gasteiger partial charge in [-0.05, 0) is 35.7 Å². The van der Waals surface area contributed by atoms with E-state index in [1.165, 1.54) is 16.7 Å². The Hall–Kier alpha value is -3.90. The molecule has 1 fully saturated rings. The molecule has 0 aromatic heterocycles. The highest BCUT2D eigenvalue weighted by atomic mass is 32.2. The molecule has 1 atom stereocenters. The van der Waals surface area contributed by atoms with Crippen LogP contribution in [0, 0.1) is 0 Å². The monoisotopic (exact) mass is 451 g/mol. The van der Waals surface area contributed by atoms with Crippen molar-refractivity contribution in [3.8, 4) is 0 Å². The normalized spacial score (nSPS) is 16.4. The van der Waals surface area contributed by atoms with Crippen LogP contribution in [-0.4, -0.2) is 22.2 Å². The summed E-state index contributed by atoms with van der Waals surface area (Å²) in [4.78, 5) is 32.4. The van der Waals surface area contributed by atoms with Crippen LogP contribution in [0.15, 0.2) is 108 Å². The molecule has 6 heteroatoms. The number of carbonyl (C=O) groups is 2. The summed E-state index contributed by atoms with van der Waals surface area (Å²) in [5.41, 5.74) is 2.26. The molecule has 0 aliphatic carbocycles. The lowest BCUT2D eigenvalue weighted by molar-refractivity contribution is -0.121. The zero-order valence-electron chi connectivity index (χ0n) is 17.7. The topological polar surface area (TPSA) is 61.8 Å². The average molecular weight is 452 g/mol. The summed E-state index contributed by atoms with van der Waals surface area (Å²) in [6, 6.07) is 32.7. The van der Waals surface area contributed by atoms with Crippen molar-refractivity contribution in [1.29, 1.82) is 0 Å². The number of imide groups is 1.